The van der Waals surface area contributed by atoms with Crippen molar-refractivity contribution in [3.05, 3.63) is 0 Å². The third kappa shape index (κ3) is 4.06. The minimum atomic E-state index is -4.32. The zero-order chi connectivity index (χ0) is 16.5. The minimum absolute atomic E-state index is 0.0175. The van der Waals surface area contributed by atoms with Gasteiger partial charge >= 0.3 is 6.18 Å². The summed E-state index contributed by atoms with van der Waals surface area (Å²) in [6, 6.07) is 0. The van der Waals surface area contributed by atoms with Crippen LogP contribution in [0.25, 0.3) is 0 Å². The molecule has 0 aromatic rings. The first kappa shape index (κ1) is 17.8. The zero-order valence-electron chi connectivity index (χ0n) is 13.1. The lowest BCUT2D eigenvalue weighted by Crippen LogP contribution is -2.47. The normalized spacial score (nSPS) is 36.5. The van der Waals surface area contributed by atoms with E-state index in [0.29, 0.717) is 13.0 Å². The Morgan fingerprint density at radius 2 is 2.05 bits per heavy atom. The van der Waals surface area contributed by atoms with Crippen LogP contribution >= 0.6 is 0 Å². The number of epoxide rings is 1. The van der Waals surface area contributed by atoms with Gasteiger partial charge in [0.05, 0.1) is 31.5 Å². The van der Waals surface area contributed by atoms with Crippen molar-refractivity contribution in [1.29, 1.82) is 0 Å². The van der Waals surface area contributed by atoms with Gasteiger partial charge in [-0.1, -0.05) is 0 Å². The van der Waals surface area contributed by atoms with Gasteiger partial charge < -0.3 is 19.0 Å². The van der Waals surface area contributed by atoms with E-state index in [1.807, 2.05) is 22.6 Å². The van der Waals surface area contributed by atoms with Crippen molar-refractivity contribution < 1.29 is 32.2 Å². The SMILES string of the molecule is BC1CC2(CO2)C(C(C)OCCOCC(F)(F)F)C(B)C1=O. The van der Waals surface area contributed by atoms with Crippen molar-refractivity contribution in [1.82, 2.24) is 0 Å². The molecule has 0 amide bonds. The zero-order valence-corrected chi connectivity index (χ0v) is 13.1. The molecule has 0 aromatic carbocycles. The second-order valence-corrected chi connectivity index (χ2v) is 6.42. The van der Waals surface area contributed by atoms with Gasteiger partial charge in [-0.2, -0.15) is 13.2 Å². The maximum atomic E-state index is 12.2. The highest BCUT2D eigenvalue weighted by molar-refractivity contribution is 6.34. The van der Waals surface area contributed by atoms with Crippen LogP contribution in [0.4, 0.5) is 13.2 Å². The number of hydrogen-bond donors (Lipinski definition) is 0. The van der Waals surface area contributed by atoms with Crippen molar-refractivity contribution >= 4 is 21.5 Å². The van der Waals surface area contributed by atoms with Crippen LogP contribution in [0.15, 0.2) is 0 Å². The molecule has 0 bridgehead atoms. The summed E-state index contributed by atoms with van der Waals surface area (Å²) in [6.07, 6.45) is -3.89. The molecule has 22 heavy (non-hydrogen) atoms. The molecule has 1 spiro atoms. The molecule has 9 heteroatoms. The summed E-state index contributed by atoms with van der Waals surface area (Å²) in [5.74, 6) is -0.0397. The van der Waals surface area contributed by atoms with Gasteiger partial charge in [-0.05, 0) is 25.0 Å². The Morgan fingerprint density at radius 3 is 2.59 bits per heavy atom. The highest BCUT2D eigenvalue weighted by Crippen LogP contribution is 2.53. The molecular formula is C13H21B2F3O4. The number of carbonyl (C=O) groups is 1. The van der Waals surface area contributed by atoms with Gasteiger partial charge in [0.25, 0.3) is 0 Å². The highest BCUT2D eigenvalue weighted by Gasteiger charge is 2.60. The maximum Gasteiger partial charge on any atom is 0.411 e. The molecule has 2 rings (SSSR count). The quantitative estimate of drug-likeness (QED) is 0.398. The third-order valence-electron chi connectivity index (χ3n) is 4.63. The Morgan fingerprint density at radius 1 is 1.41 bits per heavy atom. The molecule has 1 aliphatic heterocycles. The molecule has 2 fully saturated rings. The lowest BCUT2D eigenvalue weighted by atomic mass is 9.54. The van der Waals surface area contributed by atoms with Crippen LogP contribution in [0.3, 0.4) is 0 Å². The Kier molecular flexibility index (Phi) is 5.29. The first-order valence-corrected chi connectivity index (χ1v) is 7.60. The van der Waals surface area contributed by atoms with Crippen LogP contribution in [-0.2, 0) is 19.0 Å². The van der Waals surface area contributed by atoms with Gasteiger partial charge in [-0.25, -0.2) is 0 Å². The molecule has 1 saturated carbocycles. The van der Waals surface area contributed by atoms with E-state index >= 15 is 0 Å². The van der Waals surface area contributed by atoms with Crippen molar-refractivity contribution in [2.45, 2.75) is 42.9 Å². The molecule has 5 atom stereocenters. The lowest BCUT2D eigenvalue weighted by molar-refractivity contribution is -0.178. The third-order valence-corrected chi connectivity index (χ3v) is 4.63. The number of ether oxygens (including phenoxy) is 3. The summed E-state index contributed by atoms with van der Waals surface area (Å²) in [4.78, 5) is 12.2. The minimum Gasteiger partial charge on any atom is -0.376 e. The van der Waals surface area contributed by atoms with E-state index in [0.717, 1.165) is 0 Å². The van der Waals surface area contributed by atoms with E-state index in [9.17, 15) is 18.0 Å². The van der Waals surface area contributed by atoms with Crippen LogP contribution in [0, 0.1) is 5.92 Å². The van der Waals surface area contributed by atoms with Crippen LogP contribution in [0.1, 0.15) is 13.3 Å². The van der Waals surface area contributed by atoms with E-state index in [1.54, 1.807) is 0 Å². The van der Waals surface area contributed by atoms with Crippen molar-refractivity contribution in [2.24, 2.45) is 5.92 Å². The fourth-order valence-electron chi connectivity index (χ4n) is 3.66. The number of carbonyl (C=O) groups excluding carboxylic acids is 1. The second kappa shape index (κ2) is 6.53. The van der Waals surface area contributed by atoms with Gasteiger partial charge in [-0.3, -0.25) is 0 Å². The summed E-state index contributed by atoms with van der Waals surface area (Å²) >= 11 is 0. The Balaban J connectivity index is 1.81. The number of rotatable bonds is 6. The summed E-state index contributed by atoms with van der Waals surface area (Å²) in [5.41, 5.74) is -0.293. The standard InChI is InChI=1S/C13H21B2F3O4/c1-7(21-3-2-20-6-13(16,17)18)9-10(15)11(19)8(14)4-12(9)5-22-12/h7-10H,2-6,14-15H2,1H3. The molecule has 0 radical (unpaired) electrons. The average molecular weight is 320 g/mol. The van der Waals surface area contributed by atoms with Gasteiger partial charge in [0.2, 0.25) is 0 Å². The summed E-state index contributed by atoms with van der Waals surface area (Å²) in [5, 5.41) is 0. The number of ketones is 1. The molecule has 0 N–H and O–H groups in total. The van der Waals surface area contributed by atoms with Crippen LogP contribution in [0.5, 0.6) is 0 Å². The van der Waals surface area contributed by atoms with E-state index in [2.05, 4.69) is 4.74 Å². The van der Waals surface area contributed by atoms with Crippen molar-refractivity contribution in [3.63, 3.8) is 0 Å². The largest absolute Gasteiger partial charge is 0.411 e. The molecule has 5 unspecified atom stereocenters. The summed E-state index contributed by atoms with van der Waals surface area (Å²) in [6.45, 7) is 1.15. The molecule has 0 aromatic heterocycles. The van der Waals surface area contributed by atoms with E-state index < -0.39 is 12.8 Å². The molecule has 1 aliphatic carbocycles. The molecule has 124 valence electrons. The van der Waals surface area contributed by atoms with E-state index in [1.165, 1.54) is 0 Å². The van der Waals surface area contributed by atoms with Gasteiger partial charge in [-0.15, -0.1) is 0 Å². The fourth-order valence-corrected chi connectivity index (χ4v) is 3.66. The van der Waals surface area contributed by atoms with Crippen LogP contribution in [-0.4, -0.2) is 65.8 Å². The fraction of sp³-hybridized carbons (Fsp3) is 0.923. The Labute approximate surface area is 129 Å². The highest BCUT2D eigenvalue weighted by atomic mass is 19.4. The Hall–Kier alpha value is -0.530. The number of hydrogen-bond acceptors (Lipinski definition) is 4. The molecule has 4 nitrogen and oxygen atoms in total. The monoisotopic (exact) mass is 320 g/mol. The Bertz CT molecular complexity index is 415. The van der Waals surface area contributed by atoms with Gasteiger partial charge in [0.15, 0.2) is 0 Å². The molecular weight excluding hydrogens is 299 g/mol. The first-order valence-electron chi connectivity index (χ1n) is 7.60. The average Bonchev–Trinajstić information content (AvgIpc) is 3.14. The van der Waals surface area contributed by atoms with Gasteiger partial charge in [0, 0.05) is 5.92 Å². The smallest absolute Gasteiger partial charge is 0.376 e. The molecule has 1 heterocycles. The maximum absolute atomic E-state index is 12.2. The van der Waals surface area contributed by atoms with Crippen LogP contribution < -0.4 is 0 Å². The van der Waals surface area contributed by atoms with E-state index in [-0.39, 0.29) is 48.3 Å². The number of alkyl halides is 3. The number of halogens is 3. The topological polar surface area (TPSA) is 48.1 Å². The molecule has 2 aliphatic rings. The number of Topliss-reactive ketones (excluding diaryl/α,β-unsaturated/α-hetero) is 1. The first-order chi connectivity index (χ1) is 10.2. The molecule has 1 saturated heterocycles. The predicted octanol–water partition coefficient (Wildman–Crippen LogP) is 0.172. The summed E-state index contributed by atoms with van der Waals surface area (Å²) in [7, 11) is 3.79. The lowest BCUT2D eigenvalue weighted by Gasteiger charge is -2.40. The summed E-state index contributed by atoms with van der Waals surface area (Å²) < 4.78 is 51.6. The van der Waals surface area contributed by atoms with Gasteiger partial charge in [0.1, 0.15) is 28.1 Å². The second-order valence-electron chi connectivity index (χ2n) is 6.42. The van der Waals surface area contributed by atoms with Crippen molar-refractivity contribution in [2.75, 3.05) is 26.4 Å². The predicted molar refractivity (Wildman–Crippen MR) is 78.7 cm³/mol. The van der Waals surface area contributed by atoms with Crippen molar-refractivity contribution in [3.8, 4) is 0 Å². The van der Waals surface area contributed by atoms with E-state index in [4.69, 9.17) is 9.47 Å². The van der Waals surface area contributed by atoms with Crippen LogP contribution in [0.2, 0.25) is 11.6 Å².